The van der Waals surface area contributed by atoms with E-state index in [1.807, 2.05) is 19.9 Å². The number of benzene rings is 3. The van der Waals surface area contributed by atoms with Gasteiger partial charge in [0.05, 0.1) is 27.1 Å². The smallest absolute Gasteiger partial charge is 0.342 e. The van der Waals surface area contributed by atoms with Gasteiger partial charge in [0, 0.05) is 17.1 Å². The average molecular weight is 667 g/mol. The predicted molar refractivity (Wildman–Crippen MR) is 149 cm³/mol. The Balaban J connectivity index is 1.65. The summed E-state index contributed by atoms with van der Waals surface area (Å²) in [7, 11) is 0. The van der Waals surface area contributed by atoms with Crippen LogP contribution in [0.5, 0.6) is 5.75 Å². The fourth-order valence-electron chi connectivity index (χ4n) is 3.62. The molecule has 0 saturated heterocycles. The van der Waals surface area contributed by atoms with Crippen LogP contribution in [0.3, 0.4) is 0 Å². The zero-order chi connectivity index (χ0) is 29.0. The molecule has 208 valence electrons. The topological polar surface area (TPSA) is 89.6 Å². The summed E-state index contributed by atoms with van der Waals surface area (Å²) < 4.78 is 65.8. The molecule has 0 radical (unpaired) electrons. The summed E-state index contributed by atoms with van der Waals surface area (Å²) in [6.45, 7) is 3.68. The van der Waals surface area contributed by atoms with E-state index >= 15 is 0 Å². The first-order valence-electron chi connectivity index (χ1n) is 11.9. The number of pyridine rings is 1. The molecule has 3 aromatic carbocycles. The van der Waals surface area contributed by atoms with Gasteiger partial charge in [-0.3, -0.25) is 0 Å². The Labute approximate surface area is 240 Å². The number of nitrogens with one attached hydrogen (secondary N) is 2. The predicted octanol–water partition coefficient (Wildman–Crippen LogP) is 7.43. The first kappa shape index (κ1) is 29.1. The highest BCUT2D eigenvalue weighted by atomic mass is 127. The minimum atomic E-state index is -2.12. The minimum Gasteiger partial charge on any atom is -0.493 e. The molecule has 0 aliphatic rings. The molecule has 0 saturated carbocycles. The highest BCUT2D eigenvalue weighted by Crippen LogP contribution is 2.32. The molecule has 4 rings (SSSR count). The van der Waals surface area contributed by atoms with Crippen molar-refractivity contribution in [2.24, 2.45) is 5.92 Å². The van der Waals surface area contributed by atoms with Crippen molar-refractivity contribution >= 4 is 56.9 Å². The Hall–Kier alpha value is -3.94. The summed E-state index contributed by atoms with van der Waals surface area (Å²) >= 11 is 1.20. The number of carbonyl (C=O) groups is 2. The standard InChI is InChI=1S/C28H22F4IN3O4/c1-14(2)12-39-19-11-16(13-40-27(37)20-21(29)22(30)23(31)24(32)25(20)33)34-26-17(19)9-6-10-18(26)36-28(38)35-15-7-4-3-5-8-15/h3-11,14H,12-13H2,1-2H3,(H2,35,36,38). The lowest BCUT2D eigenvalue weighted by molar-refractivity contribution is 0.0458. The van der Waals surface area contributed by atoms with Gasteiger partial charge >= 0.3 is 12.0 Å². The van der Waals surface area contributed by atoms with Crippen molar-refractivity contribution in [1.82, 2.24) is 4.98 Å². The van der Waals surface area contributed by atoms with Crippen LogP contribution in [0.15, 0.2) is 54.6 Å². The first-order valence-corrected chi connectivity index (χ1v) is 13.0. The number of hydrogen-bond acceptors (Lipinski definition) is 5. The van der Waals surface area contributed by atoms with Crippen molar-refractivity contribution in [1.29, 1.82) is 0 Å². The molecular weight excluding hydrogens is 645 g/mol. The van der Waals surface area contributed by atoms with Gasteiger partial charge in [-0.05, 0) is 52.8 Å². The van der Waals surface area contributed by atoms with Gasteiger partial charge in [0.1, 0.15) is 17.9 Å². The Bertz CT molecular complexity index is 1560. The maximum atomic E-state index is 14.3. The van der Waals surface area contributed by atoms with Crippen molar-refractivity contribution in [2.75, 3.05) is 17.2 Å². The molecule has 4 aromatic rings. The van der Waals surface area contributed by atoms with Gasteiger partial charge in [-0.15, -0.1) is 0 Å². The van der Waals surface area contributed by atoms with Crippen LogP contribution in [0.25, 0.3) is 10.9 Å². The summed E-state index contributed by atoms with van der Waals surface area (Å²) in [5.74, 6) is -8.60. The van der Waals surface area contributed by atoms with E-state index in [-0.39, 0.29) is 11.6 Å². The molecule has 0 aliphatic heterocycles. The average Bonchev–Trinajstić information content (AvgIpc) is 2.93. The number of amides is 2. The molecule has 0 spiro atoms. The lowest BCUT2D eigenvalue weighted by Crippen LogP contribution is -2.19. The molecule has 0 unspecified atom stereocenters. The number of carbonyl (C=O) groups excluding carboxylic acids is 2. The maximum Gasteiger partial charge on any atom is 0.342 e. The number of rotatable bonds is 8. The van der Waals surface area contributed by atoms with E-state index in [9.17, 15) is 27.2 Å². The molecule has 0 atom stereocenters. The van der Waals surface area contributed by atoms with Gasteiger partial charge in [-0.25, -0.2) is 32.1 Å². The summed E-state index contributed by atoms with van der Waals surface area (Å²) in [6, 6.07) is 14.8. The number of para-hydroxylation sites is 2. The second kappa shape index (κ2) is 12.5. The number of urea groups is 1. The van der Waals surface area contributed by atoms with Crippen molar-refractivity contribution in [3.05, 3.63) is 92.7 Å². The maximum absolute atomic E-state index is 14.3. The molecule has 0 aliphatic carbocycles. The van der Waals surface area contributed by atoms with E-state index in [4.69, 9.17) is 9.47 Å². The quantitative estimate of drug-likeness (QED) is 0.0671. The van der Waals surface area contributed by atoms with Gasteiger partial charge in [0.25, 0.3) is 0 Å². The molecule has 12 heteroatoms. The van der Waals surface area contributed by atoms with Gasteiger partial charge in [0.15, 0.2) is 23.3 Å². The lowest BCUT2D eigenvalue weighted by atomic mass is 10.1. The number of nitrogens with zero attached hydrogens (tertiary/aromatic N) is 1. The Morgan fingerprint density at radius 1 is 0.925 bits per heavy atom. The fourth-order valence-corrected chi connectivity index (χ4v) is 4.31. The zero-order valence-electron chi connectivity index (χ0n) is 21.2. The number of aromatic nitrogens is 1. The molecule has 1 heterocycles. The monoisotopic (exact) mass is 667 g/mol. The summed E-state index contributed by atoms with van der Waals surface area (Å²) in [6.07, 6.45) is 0. The van der Waals surface area contributed by atoms with Crippen molar-refractivity contribution in [3.63, 3.8) is 0 Å². The third-order valence-corrected chi connectivity index (χ3v) is 6.48. The van der Waals surface area contributed by atoms with E-state index in [1.54, 1.807) is 42.5 Å². The summed E-state index contributed by atoms with van der Waals surface area (Å²) in [4.78, 5) is 29.7. The van der Waals surface area contributed by atoms with Crippen LogP contribution in [0.4, 0.5) is 33.7 Å². The molecule has 40 heavy (non-hydrogen) atoms. The zero-order valence-corrected chi connectivity index (χ0v) is 23.3. The van der Waals surface area contributed by atoms with Crippen molar-refractivity contribution in [2.45, 2.75) is 20.5 Å². The third-order valence-electron chi connectivity index (χ3n) is 5.47. The normalized spacial score (nSPS) is 11.0. The van der Waals surface area contributed by atoms with E-state index in [1.165, 1.54) is 28.7 Å². The van der Waals surface area contributed by atoms with E-state index in [2.05, 4.69) is 15.6 Å². The minimum absolute atomic E-state index is 0.135. The summed E-state index contributed by atoms with van der Waals surface area (Å²) in [5, 5.41) is 5.99. The van der Waals surface area contributed by atoms with Crippen LogP contribution in [0.1, 0.15) is 29.9 Å². The fraction of sp³-hybridized carbons (Fsp3) is 0.179. The second-order valence-electron chi connectivity index (χ2n) is 8.98. The second-order valence-corrected chi connectivity index (χ2v) is 10.1. The van der Waals surface area contributed by atoms with Crippen molar-refractivity contribution < 1.29 is 36.6 Å². The largest absolute Gasteiger partial charge is 0.493 e. The van der Waals surface area contributed by atoms with Crippen LogP contribution < -0.4 is 15.4 Å². The number of fused-ring (bicyclic) bond motifs is 1. The lowest BCUT2D eigenvalue weighted by Gasteiger charge is -2.16. The molecular formula is C28H22F4IN3O4. The highest BCUT2D eigenvalue weighted by molar-refractivity contribution is 14.1. The SMILES string of the molecule is CC(C)COc1cc(COC(=O)c2c(F)c(F)c(F)c(F)c2I)nc2c(NC(=O)Nc3ccccc3)cccc12. The number of ether oxygens (including phenoxy) is 2. The molecule has 1 aromatic heterocycles. The summed E-state index contributed by atoms with van der Waals surface area (Å²) in [5.41, 5.74) is 0.247. The Morgan fingerprint density at radius 2 is 1.62 bits per heavy atom. The molecule has 2 amide bonds. The number of esters is 1. The van der Waals surface area contributed by atoms with E-state index in [0.29, 0.717) is 34.6 Å². The third kappa shape index (κ3) is 6.43. The van der Waals surface area contributed by atoms with E-state index in [0.717, 1.165) is 0 Å². The molecule has 7 nitrogen and oxygen atoms in total. The van der Waals surface area contributed by atoms with Gasteiger partial charge in [-0.1, -0.05) is 38.1 Å². The number of hydrogen-bond donors (Lipinski definition) is 2. The molecule has 0 bridgehead atoms. The van der Waals surface area contributed by atoms with Crippen LogP contribution in [0.2, 0.25) is 0 Å². The van der Waals surface area contributed by atoms with Crippen molar-refractivity contribution in [3.8, 4) is 5.75 Å². The van der Waals surface area contributed by atoms with E-state index < -0.39 is 51.0 Å². The van der Waals surface area contributed by atoms with Crippen LogP contribution in [-0.2, 0) is 11.3 Å². The van der Waals surface area contributed by atoms with Crippen LogP contribution >= 0.6 is 22.6 Å². The number of halogens is 5. The van der Waals surface area contributed by atoms with Crippen LogP contribution in [0, 0.1) is 32.8 Å². The Kier molecular flexibility index (Phi) is 9.07. The molecule has 0 fully saturated rings. The van der Waals surface area contributed by atoms with Crippen LogP contribution in [-0.4, -0.2) is 23.6 Å². The number of anilines is 2. The Morgan fingerprint density at radius 3 is 2.33 bits per heavy atom. The van der Waals surface area contributed by atoms with Gasteiger partial charge < -0.3 is 20.1 Å². The first-order chi connectivity index (χ1) is 19.1. The molecule has 2 N–H and O–H groups in total. The van der Waals surface area contributed by atoms with Gasteiger partial charge in [-0.2, -0.15) is 0 Å². The van der Waals surface area contributed by atoms with Gasteiger partial charge in [0.2, 0.25) is 0 Å². The highest BCUT2D eigenvalue weighted by Gasteiger charge is 2.29.